The summed E-state index contributed by atoms with van der Waals surface area (Å²) in [5.74, 6) is 0.490. The van der Waals surface area contributed by atoms with E-state index in [2.05, 4.69) is 13.8 Å². The summed E-state index contributed by atoms with van der Waals surface area (Å²) in [5, 5.41) is 0. The third-order valence-corrected chi connectivity index (χ3v) is 6.41. The van der Waals surface area contributed by atoms with Gasteiger partial charge in [-0.15, -0.1) is 0 Å². The van der Waals surface area contributed by atoms with Crippen LogP contribution in [-0.4, -0.2) is 44.1 Å². The van der Waals surface area contributed by atoms with E-state index in [9.17, 15) is 13.2 Å². The van der Waals surface area contributed by atoms with Gasteiger partial charge in [0, 0.05) is 24.7 Å². The SMILES string of the molecule is CCN(C(=O)c1cccc(N2CCCS2(=O)=O)c1)[C@@H](C)C(C)C. The summed E-state index contributed by atoms with van der Waals surface area (Å²) in [6, 6.07) is 7.09. The van der Waals surface area contributed by atoms with Crippen LogP contribution in [0, 0.1) is 5.92 Å². The monoisotopic (exact) mass is 338 g/mol. The summed E-state index contributed by atoms with van der Waals surface area (Å²) < 4.78 is 25.5. The normalized spacial score (nSPS) is 18.2. The fraction of sp³-hybridized carbons (Fsp3) is 0.588. The van der Waals surface area contributed by atoms with Gasteiger partial charge in [-0.25, -0.2) is 8.42 Å². The van der Waals surface area contributed by atoms with Crippen molar-refractivity contribution in [3.05, 3.63) is 29.8 Å². The highest BCUT2D eigenvalue weighted by atomic mass is 32.2. The summed E-state index contributed by atoms with van der Waals surface area (Å²) in [7, 11) is -3.23. The van der Waals surface area contributed by atoms with E-state index in [0.29, 0.717) is 36.7 Å². The number of amides is 1. The predicted octanol–water partition coefficient (Wildman–Crippen LogP) is 2.73. The van der Waals surface area contributed by atoms with Gasteiger partial charge in [0.2, 0.25) is 10.0 Å². The van der Waals surface area contributed by atoms with Crippen LogP contribution in [0.15, 0.2) is 24.3 Å². The Morgan fingerprint density at radius 3 is 2.52 bits per heavy atom. The van der Waals surface area contributed by atoms with Gasteiger partial charge in [-0.3, -0.25) is 9.10 Å². The minimum absolute atomic E-state index is 0.0489. The van der Waals surface area contributed by atoms with Crippen LogP contribution in [0.3, 0.4) is 0 Å². The van der Waals surface area contributed by atoms with Gasteiger partial charge < -0.3 is 4.90 Å². The van der Waals surface area contributed by atoms with Gasteiger partial charge >= 0.3 is 0 Å². The number of nitrogens with zero attached hydrogens (tertiary/aromatic N) is 2. The second kappa shape index (κ2) is 6.91. The largest absolute Gasteiger partial charge is 0.336 e. The van der Waals surface area contributed by atoms with Crippen LogP contribution in [0.5, 0.6) is 0 Å². The van der Waals surface area contributed by atoms with Gasteiger partial charge in [0.1, 0.15) is 0 Å². The van der Waals surface area contributed by atoms with Crippen molar-refractivity contribution in [2.45, 2.75) is 40.2 Å². The van der Waals surface area contributed by atoms with Crippen molar-refractivity contribution in [2.24, 2.45) is 5.92 Å². The molecule has 5 nitrogen and oxygen atoms in total. The van der Waals surface area contributed by atoms with Crippen molar-refractivity contribution in [2.75, 3.05) is 23.1 Å². The highest BCUT2D eigenvalue weighted by Gasteiger charge is 2.29. The molecule has 1 aliphatic heterocycles. The molecule has 1 aromatic rings. The average Bonchev–Trinajstić information content (AvgIpc) is 2.87. The molecule has 6 heteroatoms. The van der Waals surface area contributed by atoms with E-state index in [0.717, 1.165) is 0 Å². The van der Waals surface area contributed by atoms with E-state index in [-0.39, 0.29) is 17.7 Å². The van der Waals surface area contributed by atoms with Gasteiger partial charge in [-0.2, -0.15) is 0 Å². The Hall–Kier alpha value is -1.56. The van der Waals surface area contributed by atoms with Crippen molar-refractivity contribution >= 4 is 21.6 Å². The quantitative estimate of drug-likeness (QED) is 0.829. The van der Waals surface area contributed by atoms with Crippen molar-refractivity contribution in [1.29, 1.82) is 0 Å². The lowest BCUT2D eigenvalue weighted by Crippen LogP contribution is -2.41. The molecule has 1 aliphatic rings. The lowest BCUT2D eigenvalue weighted by Gasteiger charge is -2.31. The highest BCUT2D eigenvalue weighted by molar-refractivity contribution is 7.93. The second-order valence-corrected chi connectivity index (χ2v) is 8.38. The Kier molecular flexibility index (Phi) is 5.34. The molecule has 0 bridgehead atoms. The van der Waals surface area contributed by atoms with Crippen molar-refractivity contribution in [3.8, 4) is 0 Å². The zero-order chi connectivity index (χ0) is 17.2. The molecule has 0 saturated carbocycles. The van der Waals surface area contributed by atoms with E-state index in [1.807, 2.05) is 18.7 Å². The van der Waals surface area contributed by atoms with Crippen molar-refractivity contribution in [3.63, 3.8) is 0 Å². The third-order valence-electron chi connectivity index (χ3n) is 4.54. The molecule has 0 radical (unpaired) electrons. The van der Waals surface area contributed by atoms with Crippen LogP contribution >= 0.6 is 0 Å². The van der Waals surface area contributed by atoms with Gasteiger partial charge in [0.15, 0.2) is 0 Å². The van der Waals surface area contributed by atoms with Crippen LogP contribution in [0.1, 0.15) is 44.5 Å². The summed E-state index contributed by atoms with van der Waals surface area (Å²) >= 11 is 0. The smallest absolute Gasteiger partial charge is 0.254 e. The molecule has 128 valence electrons. The number of carbonyl (C=O) groups is 1. The van der Waals surface area contributed by atoms with Crippen LogP contribution < -0.4 is 4.31 Å². The minimum atomic E-state index is -3.23. The van der Waals surface area contributed by atoms with Crippen molar-refractivity contribution < 1.29 is 13.2 Å². The first kappa shape index (κ1) is 17.8. The fourth-order valence-electron chi connectivity index (χ4n) is 2.87. The van der Waals surface area contributed by atoms with Crippen LogP contribution in [0.2, 0.25) is 0 Å². The van der Waals surface area contributed by atoms with Gasteiger partial charge in [0.25, 0.3) is 5.91 Å². The molecule has 1 saturated heterocycles. The molecule has 2 rings (SSSR count). The zero-order valence-electron chi connectivity index (χ0n) is 14.3. The minimum Gasteiger partial charge on any atom is -0.336 e. The number of rotatable bonds is 5. The first-order valence-electron chi connectivity index (χ1n) is 8.19. The lowest BCUT2D eigenvalue weighted by molar-refractivity contribution is 0.0660. The van der Waals surface area contributed by atoms with E-state index in [1.54, 1.807) is 24.3 Å². The molecular weight excluding hydrogens is 312 g/mol. The Morgan fingerprint density at radius 2 is 2.00 bits per heavy atom. The maximum absolute atomic E-state index is 12.8. The summed E-state index contributed by atoms with van der Waals surface area (Å²) in [5.41, 5.74) is 1.13. The summed E-state index contributed by atoms with van der Waals surface area (Å²) in [6.07, 6.45) is 0.631. The first-order valence-corrected chi connectivity index (χ1v) is 9.80. The molecule has 0 aliphatic carbocycles. The van der Waals surface area contributed by atoms with E-state index < -0.39 is 10.0 Å². The Balaban J connectivity index is 2.30. The zero-order valence-corrected chi connectivity index (χ0v) is 15.1. The molecular formula is C17H26N2O3S. The van der Waals surface area contributed by atoms with Gasteiger partial charge in [0.05, 0.1) is 11.4 Å². The fourth-order valence-corrected chi connectivity index (χ4v) is 4.42. The molecule has 0 spiro atoms. The number of benzene rings is 1. The molecule has 0 aromatic heterocycles. The molecule has 23 heavy (non-hydrogen) atoms. The number of anilines is 1. The molecule has 0 unspecified atom stereocenters. The van der Waals surface area contributed by atoms with Crippen LogP contribution in [0.4, 0.5) is 5.69 Å². The second-order valence-electron chi connectivity index (χ2n) is 6.37. The summed E-state index contributed by atoms with van der Waals surface area (Å²) in [6.45, 7) is 9.30. The van der Waals surface area contributed by atoms with Gasteiger partial charge in [-0.05, 0) is 44.4 Å². The Morgan fingerprint density at radius 1 is 1.30 bits per heavy atom. The number of carbonyl (C=O) groups excluding carboxylic acids is 1. The van der Waals surface area contributed by atoms with Crippen LogP contribution in [-0.2, 0) is 10.0 Å². The molecule has 0 N–H and O–H groups in total. The molecule has 1 fully saturated rings. The Labute approximate surface area is 139 Å². The van der Waals surface area contributed by atoms with E-state index in [1.165, 1.54) is 4.31 Å². The number of hydrogen-bond donors (Lipinski definition) is 0. The number of sulfonamides is 1. The molecule has 1 heterocycles. The third kappa shape index (κ3) is 3.68. The predicted molar refractivity (Wildman–Crippen MR) is 93.2 cm³/mol. The molecule has 1 amide bonds. The highest BCUT2D eigenvalue weighted by Crippen LogP contribution is 2.25. The lowest BCUT2D eigenvalue weighted by atomic mass is 10.0. The standard InChI is InChI=1S/C17H26N2O3S/c1-5-18(14(4)13(2)3)17(20)15-8-6-9-16(12-15)19-10-7-11-23(19,21)22/h6,8-9,12-14H,5,7,10-11H2,1-4H3/t14-/m0/s1. The summed E-state index contributed by atoms with van der Waals surface area (Å²) in [4.78, 5) is 14.6. The van der Waals surface area contributed by atoms with E-state index >= 15 is 0 Å². The van der Waals surface area contributed by atoms with Crippen LogP contribution in [0.25, 0.3) is 0 Å². The van der Waals surface area contributed by atoms with Crippen molar-refractivity contribution in [1.82, 2.24) is 4.90 Å². The topological polar surface area (TPSA) is 57.7 Å². The maximum Gasteiger partial charge on any atom is 0.254 e. The van der Waals surface area contributed by atoms with E-state index in [4.69, 9.17) is 0 Å². The van der Waals surface area contributed by atoms with Gasteiger partial charge in [-0.1, -0.05) is 19.9 Å². The first-order chi connectivity index (χ1) is 10.8. The Bertz CT molecular complexity index is 670. The molecule has 1 atom stereocenters. The molecule has 1 aromatic carbocycles. The average molecular weight is 338 g/mol. The number of hydrogen-bond acceptors (Lipinski definition) is 3. The maximum atomic E-state index is 12.8.